The first kappa shape index (κ1) is 14.4. The molecule has 0 aromatic heterocycles. The van der Waals surface area contributed by atoms with Gasteiger partial charge in [0.05, 0.1) is 10.4 Å². The van der Waals surface area contributed by atoms with Gasteiger partial charge in [-0.1, -0.05) is 39.9 Å². The highest BCUT2D eigenvalue weighted by molar-refractivity contribution is 7.80. The Morgan fingerprint density at radius 2 is 1.71 bits per heavy atom. The fourth-order valence-corrected chi connectivity index (χ4v) is 2.46. The van der Waals surface area contributed by atoms with Crippen LogP contribution in [0.4, 0.5) is 0 Å². The molecule has 0 spiro atoms. The first-order valence-corrected chi connectivity index (χ1v) is 6.44. The van der Waals surface area contributed by atoms with E-state index in [4.69, 9.17) is 18.0 Å². The number of carbonyl (C=O) groups excluding carboxylic acids is 1. The van der Waals surface area contributed by atoms with Gasteiger partial charge in [-0.2, -0.15) is 0 Å². The summed E-state index contributed by atoms with van der Waals surface area (Å²) in [6, 6.07) is 0. The molecule has 0 atom stereocenters. The van der Waals surface area contributed by atoms with Gasteiger partial charge in [0.15, 0.2) is 0 Å². The lowest BCUT2D eigenvalue weighted by Crippen LogP contribution is -2.45. The number of amides is 1. The molecule has 1 amide bonds. The third-order valence-electron chi connectivity index (χ3n) is 4.97. The molecule has 0 saturated heterocycles. The van der Waals surface area contributed by atoms with E-state index in [1.54, 1.807) is 13.8 Å². The van der Waals surface area contributed by atoms with Gasteiger partial charge in [0, 0.05) is 6.54 Å². The van der Waals surface area contributed by atoms with Crippen LogP contribution in [-0.2, 0) is 4.79 Å². The van der Waals surface area contributed by atoms with Crippen molar-refractivity contribution in [1.29, 1.82) is 0 Å². The van der Waals surface area contributed by atoms with Crippen molar-refractivity contribution < 1.29 is 4.79 Å². The summed E-state index contributed by atoms with van der Waals surface area (Å²) >= 11 is 4.91. The van der Waals surface area contributed by atoms with E-state index in [-0.39, 0.29) is 21.7 Å². The van der Waals surface area contributed by atoms with Crippen LogP contribution in [0.5, 0.6) is 0 Å². The summed E-state index contributed by atoms with van der Waals surface area (Å²) in [5.41, 5.74) is 5.38. The van der Waals surface area contributed by atoms with Crippen molar-refractivity contribution in [2.75, 3.05) is 6.54 Å². The summed E-state index contributed by atoms with van der Waals surface area (Å²) in [6.07, 6.45) is 0. The van der Waals surface area contributed by atoms with E-state index in [1.807, 2.05) is 0 Å². The fourth-order valence-electron chi connectivity index (χ4n) is 2.37. The molecule has 0 bridgehead atoms. The smallest absolute Gasteiger partial charge is 0.232 e. The minimum absolute atomic E-state index is 0.0801. The van der Waals surface area contributed by atoms with Gasteiger partial charge in [0.25, 0.3) is 0 Å². The van der Waals surface area contributed by atoms with E-state index < -0.39 is 5.41 Å². The topological polar surface area (TPSA) is 55.1 Å². The average Bonchev–Trinajstić information content (AvgIpc) is 2.54. The van der Waals surface area contributed by atoms with Gasteiger partial charge in [-0.15, -0.1) is 0 Å². The predicted molar refractivity (Wildman–Crippen MR) is 74.6 cm³/mol. The number of thiocarbonyl (C=S) groups is 1. The van der Waals surface area contributed by atoms with Crippen molar-refractivity contribution in [3.05, 3.63) is 0 Å². The molecule has 1 rings (SSSR count). The summed E-state index contributed by atoms with van der Waals surface area (Å²) in [7, 11) is 0. The minimum atomic E-state index is -0.765. The molecule has 0 aromatic rings. The normalized spacial score (nSPS) is 22.0. The van der Waals surface area contributed by atoms with Crippen molar-refractivity contribution in [3.63, 3.8) is 0 Å². The number of nitrogens with two attached hydrogens (primary N) is 1. The van der Waals surface area contributed by atoms with Gasteiger partial charge in [-0.05, 0) is 30.6 Å². The molecule has 3 N–H and O–H groups in total. The third kappa shape index (κ3) is 2.19. The van der Waals surface area contributed by atoms with Crippen molar-refractivity contribution in [2.24, 2.45) is 27.9 Å². The summed E-state index contributed by atoms with van der Waals surface area (Å²) in [5.74, 6) is 0.435. The highest BCUT2D eigenvalue weighted by Gasteiger charge is 2.64. The fraction of sp³-hybridized carbons (Fsp3) is 0.846. The van der Waals surface area contributed by atoms with Gasteiger partial charge in [0.2, 0.25) is 5.91 Å². The van der Waals surface area contributed by atoms with E-state index in [2.05, 4.69) is 33.0 Å². The van der Waals surface area contributed by atoms with Gasteiger partial charge in [-0.25, -0.2) is 0 Å². The quantitative estimate of drug-likeness (QED) is 0.757. The lowest BCUT2D eigenvalue weighted by Gasteiger charge is -2.22. The van der Waals surface area contributed by atoms with Crippen LogP contribution in [0, 0.1) is 22.2 Å². The molecule has 4 heteroatoms. The summed E-state index contributed by atoms with van der Waals surface area (Å²) in [4.78, 5) is 12.2. The van der Waals surface area contributed by atoms with Crippen LogP contribution in [0.25, 0.3) is 0 Å². The Hall–Kier alpha value is -0.640. The van der Waals surface area contributed by atoms with E-state index in [0.717, 1.165) is 0 Å². The second kappa shape index (κ2) is 3.94. The molecule has 1 aliphatic carbocycles. The number of nitrogens with one attached hydrogen (secondary N) is 1. The largest absolute Gasteiger partial charge is 0.392 e. The van der Waals surface area contributed by atoms with Gasteiger partial charge in [0.1, 0.15) is 0 Å². The zero-order valence-corrected chi connectivity index (χ0v) is 12.5. The molecule has 17 heavy (non-hydrogen) atoms. The highest BCUT2D eigenvalue weighted by Crippen LogP contribution is 2.67. The van der Waals surface area contributed by atoms with E-state index in [0.29, 0.717) is 12.5 Å². The van der Waals surface area contributed by atoms with Gasteiger partial charge < -0.3 is 11.1 Å². The number of carbonyl (C=O) groups is 1. The zero-order chi connectivity index (χ0) is 13.6. The molecule has 0 aromatic carbocycles. The van der Waals surface area contributed by atoms with Gasteiger partial charge in [-0.3, -0.25) is 4.79 Å². The van der Waals surface area contributed by atoms with Crippen LogP contribution < -0.4 is 11.1 Å². The van der Waals surface area contributed by atoms with E-state index in [1.165, 1.54) is 0 Å². The minimum Gasteiger partial charge on any atom is -0.392 e. The second-order valence-electron chi connectivity index (χ2n) is 6.70. The maximum absolute atomic E-state index is 12.0. The first-order valence-electron chi connectivity index (χ1n) is 6.04. The predicted octanol–water partition coefficient (Wildman–Crippen LogP) is 2.10. The Kier molecular flexibility index (Phi) is 3.34. The molecule has 0 aliphatic heterocycles. The van der Waals surface area contributed by atoms with E-state index >= 15 is 0 Å². The molecule has 0 radical (unpaired) electrons. The number of hydrogen-bond donors (Lipinski definition) is 2. The molecule has 1 fully saturated rings. The molecule has 1 saturated carbocycles. The molecule has 0 heterocycles. The SMILES string of the molecule is CC(C)(C(=O)NCC1C(C)(C)C1(C)C)C(N)=S. The van der Waals surface area contributed by atoms with Crippen LogP contribution in [0.15, 0.2) is 0 Å². The summed E-state index contributed by atoms with van der Waals surface area (Å²) < 4.78 is 0. The maximum atomic E-state index is 12.0. The monoisotopic (exact) mass is 256 g/mol. The van der Waals surface area contributed by atoms with Crippen LogP contribution in [-0.4, -0.2) is 17.4 Å². The summed E-state index contributed by atoms with van der Waals surface area (Å²) in [5, 5.41) is 2.97. The highest BCUT2D eigenvalue weighted by atomic mass is 32.1. The summed E-state index contributed by atoms with van der Waals surface area (Å²) in [6.45, 7) is 13.2. The number of rotatable bonds is 4. The maximum Gasteiger partial charge on any atom is 0.232 e. The van der Waals surface area contributed by atoms with Crippen molar-refractivity contribution >= 4 is 23.1 Å². The Labute approximate surface area is 110 Å². The molecule has 3 nitrogen and oxygen atoms in total. The third-order valence-corrected chi connectivity index (χ3v) is 5.48. The molecular weight excluding hydrogens is 232 g/mol. The van der Waals surface area contributed by atoms with Crippen molar-refractivity contribution in [3.8, 4) is 0 Å². The lowest BCUT2D eigenvalue weighted by atomic mass is 9.92. The van der Waals surface area contributed by atoms with Crippen LogP contribution >= 0.6 is 12.2 Å². The van der Waals surface area contributed by atoms with Crippen LogP contribution in [0.3, 0.4) is 0 Å². The van der Waals surface area contributed by atoms with Crippen LogP contribution in [0.1, 0.15) is 41.5 Å². The van der Waals surface area contributed by atoms with Crippen molar-refractivity contribution in [1.82, 2.24) is 5.32 Å². The van der Waals surface area contributed by atoms with Crippen molar-refractivity contribution in [2.45, 2.75) is 41.5 Å². The molecular formula is C13H24N2OS. The Morgan fingerprint density at radius 3 is 2.00 bits per heavy atom. The number of hydrogen-bond acceptors (Lipinski definition) is 2. The molecule has 0 unspecified atom stereocenters. The van der Waals surface area contributed by atoms with E-state index in [9.17, 15) is 4.79 Å². The molecule has 1 aliphatic rings. The Bertz CT molecular complexity index is 344. The van der Waals surface area contributed by atoms with Crippen LogP contribution in [0.2, 0.25) is 0 Å². The average molecular weight is 256 g/mol. The molecule has 98 valence electrons. The van der Waals surface area contributed by atoms with Gasteiger partial charge >= 0.3 is 0 Å². The Balaban J connectivity index is 2.55. The second-order valence-corrected chi connectivity index (χ2v) is 7.14. The lowest BCUT2D eigenvalue weighted by molar-refractivity contribution is -0.126. The Morgan fingerprint density at radius 1 is 1.29 bits per heavy atom. The standard InChI is InChI=1S/C13H24N2OS/c1-11(2,9(14)17)10(16)15-7-8-12(3,4)13(8,5)6/h8H,7H2,1-6H3,(H2,14,17)(H,15,16). The zero-order valence-electron chi connectivity index (χ0n) is 11.7. The first-order chi connectivity index (χ1) is 7.45.